The first kappa shape index (κ1) is 11.7. The average molecular weight is 234 g/mol. The maximum atomic E-state index is 13.3. The molecule has 0 saturated heterocycles. The fourth-order valence-electron chi connectivity index (χ4n) is 1.83. The summed E-state index contributed by atoms with van der Waals surface area (Å²) >= 11 is 0. The van der Waals surface area contributed by atoms with Crippen molar-refractivity contribution in [1.82, 2.24) is 20.5 Å². The molecule has 0 radical (unpaired) electrons. The molecule has 2 aromatic rings. The molecule has 1 unspecified atom stereocenters. The van der Waals surface area contributed by atoms with E-state index in [1.165, 1.54) is 18.5 Å². The minimum absolute atomic E-state index is 0.154. The number of benzene rings is 1. The van der Waals surface area contributed by atoms with Gasteiger partial charge in [-0.15, -0.1) is 0 Å². The van der Waals surface area contributed by atoms with Crippen LogP contribution >= 0.6 is 0 Å². The number of nitrogens with zero attached hydrogens (tertiary/aromatic N) is 2. The van der Waals surface area contributed by atoms with Gasteiger partial charge in [0.25, 0.3) is 0 Å². The molecule has 0 aliphatic carbocycles. The second-order valence-corrected chi connectivity index (χ2v) is 3.86. The van der Waals surface area contributed by atoms with Crippen molar-refractivity contribution < 1.29 is 4.39 Å². The minimum atomic E-state index is -0.243. The number of halogens is 1. The zero-order chi connectivity index (χ0) is 12.3. The molecule has 0 saturated carbocycles. The van der Waals surface area contributed by atoms with Crippen molar-refractivity contribution in [2.75, 3.05) is 6.54 Å². The predicted octanol–water partition coefficient (Wildman–Crippen LogP) is 1.95. The summed E-state index contributed by atoms with van der Waals surface area (Å²) in [6.07, 6.45) is 1.45. The van der Waals surface area contributed by atoms with Crippen molar-refractivity contribution in [2.45, 2.75) is 19.9 Å². The smallest absolute Gasteiger partial charge is 0.145 e. The van der Waals surface area contributed by atoms with E-state index in [9.17, 15) is 4.39 Å². The summed E-state index contributed by atoms with van der Waals surface area (Å²) in [5.41, 5.74) is 1.90. The Labute approximate surface area is 99.3 Å². The minimum Gasteiger partial charge on any atom is -0.304 e. The third-order valence-electron chi connectivity index (χ3n) is 2.67. The maximum absolute atomic E-state index is 13.3. The normalized spacial score (nSPS) is 12.6. The molecule has 90 valence electrons. The van der Waals surface area contributed by atoms with Crippen LogP contribution in [0.15, 0.2) is 24.5 Å². The summed E-state index contributed by atoms with van der Waals surface area (Å²) in [7, 11) is 0. The summed E-state index contributed by atoms with van der Waals surface area (Å²) in [6.45, 7) is 4.72. The van der Waals surface area contributed by atoms with Crippen LogP contribution in [0.5, 0.6) is 0 Å². The Morgan fingerprint density at radius 2 is 2.29 bits per heavy atom. The highest BCUT2D eigenvalue weighted by molar-refractivity contribution is 5.33. The van der Waals surface area contributed by atoms with Gasteiger partial charge < -0.3 is 5.32 Å². The van der Waals surface area contributed by atoms with Crippen LogP contribution < -0.4 is 5.32 Å². The molecule has 0 aliphatic heterocycles. The lowest BCUT2D eigenvalue weighted by atomic mass is 10.0. The van der Waals surface area contributed by atoms with Crippen molar-refractivity contribution in [3.63, 3.8) is 0 Å². The summed E-state index contributed by atoms with van der Waals surface area (Å²) < 4.78 is 13.3. The first-order valence-electron chi connectivity index (χ1n) is 5.57. The molecule has 1 atom stereocenters. The molecule has 1 heterocycles. The van der Waals surface area contributed by atoms with E-state index < -0.39 is 0 Å². The lowest BCUT2D eigenvalue weighted by Gasteiger charge is -2.17. The summed E-state index contributed by atoms with van der Waals surface area (Å²) in [4.78, 5) is 4.13. The van der Waals surface area contributed by atoms with E-state index in [-0.39, 0.29) is 11.9 Å². The fourth-order valence-corrected chi connectivity index (χ4v) is 1.83. The first-order chi connectivity index (χ1) is 8.22. The Hall–Kier alpha value is -1.75. The average Bonchev–Trinajstić information content (AvgIpc) is 2.83. The highest BCUT2D eigenvalue weighted by atomic mass is 19.1. The molecule has 2 rings (SSSR count). The Morgan fingerprint density at radius 1 is 1.47 bits per heavy atom. The van der Waals surface area contributed by atoms with Gasteiger partial charge in [0.2, 0.25) is 0 Å². The molecule has 0 spiro atoms. The molecule has 17 heavy (non-hydrogen) atoms. The van der Waals surface area contributed by atoms with E-state index in [1.807, 2.05) is 13.8 Å². The molecule has 5 heteroatoms. The van der Waals surface area contributed by atoms with Crippen molar-refractivity contribution in [3.8, 4) is 0 Å². The molecule has 0 bridgehead atoms. The molecule has 4 nitrogen and oxygen atoms in total. The summed E-state index contributed by atoms with van der Waals surface area (Å²) in [5, 5.41) is 9.92. The van der Waals surface area contributed by atoms with Crippen LogP contribution in [0, 0.1) is 12.7 Å². The molecule has 0 amide bonds. The van der Waals surface area contributed by atoms with Crippen LogP contribution in [0.2, 0.25) is 0 Å². The summed E-state index contributed by atoms with van der Waals surface area (Å²) in [5.74, 6) is 0.452. The van der Waals surface area contributed by atoms with Crippen LogP contribution in [-0.2, 0) is 0 Å². The van der Waals surface area contributed by atoms with Crippen LogP contribution in [0.3, 0.4) is 0 Å². The molecule has 1 aromatic heterocycles. The standard InChI is InChI=1S/C12H15FN4/c1-3-14-11(12-15-7-16-17-12)10-6-9(13)5-4-8(10)2/h4-7,11,14H,3H2,1-2H3,(H,15,16,17). The number of hydrogen-bond donors (Lipinski definition) is 2. The number of aryl methyl sites for hydroxylation is 1. The van der Waals surface area contributed by atoms with Gasteiger partial charge in [0.1, 0.15) is 18.0 Å². The SMILES string of the molecule is CCNC(c1ncn[nH]1)c1cc(F)ccc1C. The van der Waals surface area contributed by atoms with Crippen molar-refractivity contribution >= 4 is 0 Å². The van der Waals surface area contributed by atoms with Crippen LogP contribution in [0.25, 0.3) is 0 Å². The van der Waals surface area contributed by atoms with Gasteiger partial charge in [-0.2, -0.15) is 5.10 Å². The zero-order valence-electron chi connectivity index (χ0n) is 9.87. The van der Waals surface area contributed by atoms with E-state index in [2.05, 4.69) is 20.5 Å². The Balaban J connectivity index is 2.42. The van der Waals surface area contributed by atoms with Crippen molar-refractivity contribution in [2.24, 2.45) is 0 Å². The van der Waals surface area contributed by atoms with Crippen LogP contribution in [0.1, 0.15) is 29.9 Å². The second kappa shape index (κ2) is 5.05. The highest BCUT2D eigenvalue weighted by Crippen LogP contribution is 2.22. The third-order valence-corrected chi connectivity index (χ3v) is 2.67. The van der Waals surface area contributed by atoms with Crippen molar-refractivity contribution in [1.29, 1.82) is 0 Å². The lowest BCUT2D eigenvalue weighted by Crippen LogP contribution is -2.24. The summed E-state index contributed by atoms with van der Waals surface area (Å²) in [6, 6.07) is 4.61. The van der Waals surface area contributed by atoms with E-state index in [0.717, 1.165) is 17.7 Å². The topological polar surface area (TPSA) is 53.6 Å². The highest BCUT2D eigenvalue weighted by Gasteiger charge is 2.18. The molecule has 1 aromatic carbocycles. The Bertz CT molecular complexity index is 481. The van der Waals surface area contributed by atoms with Gasteiger partial charge in [-0.05, 0) is 36.7 Å². The van der Waals surface area contributed by atoms with Crippen LogP contribution in [0.4, 0.5) is 4.39 Å². The van der Waals surface area contributed by atoms with Gasteiger partial charge in [-0.25, -0.2) is 9.37 Å². The lowest BCUT2D eigenvalue weighted by molar-refractivity contribution is 0.582. The van der Waals surface area contributed by atoms with Gasteiger partial charge in [0.05, 0.1) is 6.04 Å². The number of aromatic nitrogens is 3. The molecule has 2 N–H and O–H groups in total. The maximum Gasteiger partial charge on any atom is 0.145 e. The first-order valence-corrected chi connectivity index (χ1v) is 5.57. The van der Waals surface area contributed by atoms with Gasteiger partial charge in [-0.3, -0.25) is 5.10 Å². The Morgan fingerprint density at radius 3 is 2.94 bits per heavy atom. The number of rotatable bonds is 4. The van der Waals surface area contributed by atoms with Gasteiger partial charge in [0.15, 0.2) is 0 Å². The predicted molar refractivity (Wildman–Crippen MR) is 63.0 cm³/mol. The van der Waals surface area contributed by atoms with E-state index in [0.29, 0.717) is 5.82 Å². The van der Waals surface area contributed by atoms with E-state index in [4.69, 9.17) is 0 Å². The number of hydrogen-bond acceptors (Lipinski definition) is 3. The second-order valence-electron chi connectivity index (χ2n) is 3.86. The quantitative estimate of drug-likeness (QED) is 0.850. The molecular weight excluding hydrogens is 219 g/mol. The Kier molecular flexibility index (Phi) is 3.49. The fraction of sp³-hybridized carbons (Fsp3) is 0.333. The largest absolute Gasteiger partial charge is 0.304 e. The number of aromatic amines is 1. The van der Waals surface area contributed by atoms with Gasteiger partial charge >= 0.3 is 0 Å². The van der Waals surface area contributed by atoms with Crippen molar-refractivity contribution in [3.05, 3.63) is 47.3 Å². The van der Waals surface area contributed by atoms with Crippen LogP contribution in [-0.4, -0.2) is 21.7 Å². The van der Waals surface area contributed by atoms with E-state index in [1.54, 1.807) is 6.07 Å². The zero-order valence-corrected chi connectivity index (χ0v) is 9.87. The number of H-pyrrole nitrogens is 1. The molecular formula is C12H15FN4. The number of nitrogens with one attached hydrogen (secondary N) is 2. The van der Waals surface area contributed by atoms with Gasteiger partial charge in [0, 0.05) is 0 Å². The van der Waals surface area contributed by atoms with Gasteiger partial charge in [-0.1, -0.05) is 13.0 Å². The van der Waals surface area contributed by atoms with E-state index >= 15 is 0 Å². The molecule has 0 fully saturated rings. The third kappa shape index (κ3) is 2.50. The monoisotopic (exact) mass is 234 g/mol. The molecule has 0 aliphatic rings.